The van der Waals surface area contributed by atoms with E-state index in [1.807, 2.05) is 20.8 Å². The first-order chi connectivity index (χ1) is 15.3. The zero-order valence-corrected chi connectivity index (χ0v) is 20.0. The largest absolute Gasteiger partial charge is 0.444 e. The normalized spacial score (nSPS) is 20.3. The van der Waals surface area contributed by atoms with Crippen LogP contribution in [-0.2, 0) is 22.6 Å². The Hall–Kier alpha value is -2.32. The van der Waals surface area contributed by atoms with Crippen LogP contribution in [0.25, 0.3) is 0 Å². The standard InChI is InChI=1S/C24H39N5O3/c1-5-25-22(29-11-10-21(18-29)27-23(30)32-24(2,3)4)26-16-19-8-6-7-9-20(19)17-28-12-14-31-15-13-28/h6-9,21H,5,10-18H2,1-4H3,(H,25,26)(H,27,30). The van der Waals surface area contributed by atoms with E-state index in [-0.39, 0.29) is 12.1 Å². The summed E-state index contributed by atoms with van der Waals surface area (Å²) in [5.74, 6) is 0.891. The monoisotopic (exact) mass is 445 g/mol. The molecule has 178 valence electrons. The molecule has 2 aliphatic rings. The molecule has 0 saturated carbocycles. The molecule has 1 aromatic carbocycles. The lowest BCUT2D eigenvalue weighted by Gasteiger charge is -2.27. The number of ether oxygens (including phenoxy) is 2. The topological polar surface area (TPSA) is 78.4 Å². The van der Waals surface area contributed by atoms with Crippen molar-refractivity contribution in [3.63, 3.8) is 0 Å². The number of likely N-dealkylation sites (tertiary alicyclic amines) is 1. The highest BCUT2D eigenvalue weighted by Crippen LogP contribution is 2.16. The van der Waals surface area contributed by atoms with Crippen LogP contribution in [0, 0.1) is 0 Å². The van der Waals surface area contributed by atoms with E-state index in [2.05, 4.69) is 51.6 Å². The molecule has 2 fully saturated rings. The lowest BCUT2D eigenvalue weighted by Crippen LogP contribution is -2.44. The molecule has 2 saturated heterocycles. The predicted octanol–water partition coefficient (Wildman–Crippen LogP) is 2.58. The lowest BCUT2D eigenvalue weighted by molar-refractivity contribution is 0.0341. The number of benzene rings is 1. The second-order valence-electron chi connectivity index (χ2n) is 9.41. The molecule has 32 heavy (non-hydrogen) atoms. The molecule has 0 bridgehead atoms. The Labute approximate surface area is 192 Å². The van der Waals surface area contributed by atoms with Gasteiger partial charge in [0.05, 0.1) is 25.8 Å². The van der Waals surface area contributed by atoms with Gasteiger partial charge in [-0.2, -0.15) is 0 Å². The number of hydrogen-bond acceptors (Lipinski definition) is 5. The van der Waals surface area contributed by atoms with Crippen LogP contribution < -0.4 is 10.6 Å². The average Bonchev–Trinajstić information content (AvgIpc) is 3.19. The first-order valence-electron chi connectivity index (χ1n) is 11.7. The van der Waals surface area contributed by atoms with E-state index in [1.54, 1.807) is 0 Å². The van der Waals surface area contributed by atoms with Crippen molar-refractivity contribution in [3.8, 4) is 0 Å². The molecule has 2 aliphatic heterocycles. The molecule has 1 unspecified atom stereocenters. The molecule has 2 heterocycles. The number of carbonyl (C=O) groups is 1. The van der Waals surface area contributed by atoms with Crippen molar-refractivity contribution in [2.45, 2.75) is 58.8 Å². The molecule has 1 aromatic rings. The van der Waals surface area contributed by atoms with Crippen LogP contribution in [-0.4, -0.2) is 79.4 Å². The molecule has 1 amide bonds. The van der Waals surface area contributed by atoms with Gasteiger partial charge in [0.1, 0.15) is 5.60 Å². The van der Waals surface area contributed by atoms with Crippen LogP contribution in [0.3, 0.4) is 0 Å². The third-order valence-electron chi connectivity index (χ3n) is 5.56. The Bertz CT molecular complexity index is 771. The van der Waals surface area contributed by atoms with Gasteiger partial charge in [-0.1, -0.05) is 24.3 Å². The van der Waals surface area contributed by atoms with Crippen LogP contribution >= 0.6 is 0 Å². The van der Waals surface area contributed by atoms with E-state index in [0.29, 0.717) is 6.54 Å². The number of alkyl carbamates (subject to hydrolysis) is 1. The number of rotatable bonds is 6. The van der Waals surface area contributed by atoms with Crippen molar-refractivity contribution < 1.29 is 14.3 Å². The molecule has 0 aliphatic carbocycles. The van der Waals surface area contributed by atoms with E-state index >= 15 is 0 Å². The number of aliphatic imine (C=N–C) groups is 1. The van der Waals surface area contributed by atoms with Crippen molar-refractivity contribution in [2.75, 3.05) is 45.9 Å². The maximum absolute atomic E-state index is 12.1. The van der Waals surface area contributed by atoms with Gasteiger partial charge in [0.2, 0.25) is 0 Å². The number of guanidine groups is 1. The number of nitrogens with zero attached hydrogens (tertiary/aromatic N) is 3. The Morgan fingerprint density at radius 1 is 1.19 bits per heavy atom. The maximum Gasteiger partial charge on any atom is 0.407 e. The molecule has 1 atom stereocenters. The quantitative estimate of drug-likeness (QED) is 0.518. The van der Waals surface area contributed by atoms with Crippen LogP contribution in [0.1, 0.15) is 45.2 Å². The van der Waals surface area contributed by atoms with Crippen molar-refractivity contribution in [2.24, 2.45) is 4.99 Å². The van der Waals surface area contributed by atoms with Gasteiger partial charge in [-0.3, -0.25) is 4.90 Å². The predicted molar refractivity (Wildman–Crippen MR) is 127 cm³/mol. The van der Waals surface area contributed by atoms with Gasteiger partial charge >= 0.3 is 6.09 Å². The molecule has 0 aromatic heterocycles. The third-order valence-corrected chi connectivity index (χ3v) is 5.56. The summed E-state index contributed by atoms with van der Waals surface area (Å²) in [6.07, 6.45) is 0.514. The highest BCUT2D eigenvalue weighted by atomic mass is 16.6. The fourth-order valence-corrected chi connectivity index (χ4v) is 4.00. The summed E-state index contributed by atoms with van der Waals surface area (Å²) in [6.45, 7) is 15.2. The Balaban J connectivity index is 1.60. The SMILES string of the molecule is CCNC(=NCc1ccccc1CN1CCOCC1)N1CCC(NC(=O)OC(C)(C)C)C1. The van der Waals surface area contributed by atoms with Crippen molar-refractivity contribution in [3.05, 3.63) is 35.4 Å². The van der Waals surface area contributed by atoms with Gasteiger partial charge < -0.3 is 25.0 Å². The third kappa shape index (κ3) is 7.67. The fourth-order valence-electron chi connectivity index (χ4n) is 4.00. The van der Waals surface area contributed by atoms with Gasteiger partial charge in [-0.05, 0) is 45.2 Å². The maximum atomic E-state index is 12.1. The summed E-state index contributed by atoms with van der Waals surface area (Å²) in [6, 6.07) is 8.60. The molecule has 3 rings (SSSR count). The molecule has 0 radical (unpaired) electrons. The van der Waals surface area contributed by atoms with E-state index in [0.717, 1.165) is 64.9 Å². The first kappa shape index (κ1) is 24.3. The zero-order valence-electron chi connectivity index (χ0n) is 20.0. The lowest BCUT2D eigenvalue weighted by atomic mass is 10.1. The molecular formula is C24H39N5O3. The zero-order chi connectivity index (χ0) is 23.0. The molecule has 2 N–H and O–H groups in total. The minimum atomic E-state index is -0.493. The molecule has 0 spiro atoms. The first-order valence-corrected chi connectivity index (χ1v) is 11.7. The number of hydrogen-bond donors (Lipinski definition) is 2. The number of morpholine rings is 1. The van der Waals surface area contributed by atoms with Gasteiger partial charge in [-0.15, -0.1) is 0 Å². The molecular weight excluding hydrogens is 406 g/mol. The molecule has 8 heteroatoms. The van der Waals surface area contributed by atoms with Crippen molar-refractivity contribution in [1.82, 2.24) is 20.4 Å². The molecule has 8 nitrogen and oxygen atoms in total. The summed E-state index contributed by atoms with van der Waals surface area (Å²) < 4.78 is 10.9. The van der Waals surface area contributed by atoms with E-state index in [4.69, 9.17) is 14.5 Å². The van der Waals surface area contributed by atoms with Gasteiger partial charge in [0.25, 0.3) is 0 Å². The van der Waals surface area contributed by atoms with Crippen LogP contribution in [0.4, 0.5) is 4.79 Å². The summed E-state index contributed by atoms with van der Waals surface area (Å²) in [5.41, 5.74) is 2.07. The Kier molecular flexibility index (Phi) is 8.75. The van der Waals surface area contributed by atoms with Crippen LogP contribution in [0.2, 0.25) is 0 Å². The minimum Gasteiger partial charge on any atom is -0.444 e. The summed E-state index contributed by atoms with van der Waals surface area (Å²) >= 11 is 0. The van der Waals surface area contributed by atoms with E-state index in [1.165, 1.54) is 11.1 Å². The van der Waals surface area contributed by atoms with Gasteiger partial charge in [-0.25, -0.2) is 9.79 Å². The number of carbonyl (C=O) groups excluding carboxylic acids is 1. The van der Waals surface area contributed by atoms with Crippen LogP contribution in [0.15, 0.2) is 29.3 Å². The highest BCUT2D eigenvalue weighted by Gasteiger charge is 2.28. The van der Waals surface area contributed by atoms with Crippen LogP contribution in [0.5, 0.6) is 0 Å². The fraction of sp³-hybridized carbons (Fsp3) is 0.667. The van der Waals surface area contributed by atoms with Crippen molar-refractivity contribution in [1.29, 1.82) is 0 Å². The number of nitrogens with one attached hydrogen (secondary N) is 2. The summed E-state index contributed by atoms with van der Waals surface area (Å²) in [4.78, 5) is 21.7. The van der Waals surface area contributed by atoms with Gasteiger partial charge in [0, 0.05) is 39.3 Å². The second-order valence-corrected chi connectivity index (χ2v) is 9.41. The van der Waals surface area contributed by atoms with E-state index < -0.39 is 5.60 Å². The van der Waals surface area contributed by atoms with Crippen molar-refractivity contribution >= 4 is 12.1 Å². The smallest absolute Gasteiger partial charge is 0.407 e. The Morgan fingerprint density at radius 3 is 2.59 bits per heavy atom. The Morgan fingerprint density at radius 2 is 1.91 bits per heavy atom. The number of amides is 1. The second kappa shape index (κ2) is 11.5. The minimum absolute atomic E-state index is 0.0577. The van der Waals surface area contributed by atoms with Gasteiger partial charge in [0.15, 0.2) is 5.96 Å². The summed E-state index contributed by atoms with van der Waals surface area (Å²) in [7, 11) is 0. The summed E-state index contributed by atoms with van der Waals surface area (Å²) in [5, 5.41) is 6.40. The van der Waals surface area contributed by atoms with E-state index in [9.17, 15) is 4.79 Å². The average molecular weight is 446 g/mol. The highest BCUT2D eigenvalue weighted by molar-refractivity contribution is 5.80.